The van der Waals surface area contributed by atoms with E-state index in [0.29, 0.717) is 85.5 Å². The average molecular weight is 1070 g/mol. The van der Waals surface area contributed by atoms with Crippen LogP contribution in [0.15, 0.2) is 118 Å². The zero-order valence-electron chi connectivity index (χ0n) is 42.6. The number of aliphatic carboxylic acids is 1. The van der Waals surface area contributed by atoms with E-state index in [1.165, 1.54) is 18.2 Å². The monoisotopic (exact) mass is 1070 g/mol. The van der Waals surface area contributed by atoms with E-state index in [4.69, 9.17) is 29.1 Å². The topological polar surface area (TPSA) is 312 Å². The molecule has 2 aliphatic heterocycles. The molecule has 0 radical (unpaired) electrons. The molecule has 6 aliphatic rings. The van der Waals surface area contributed by atoms with Crippen LogP contribution in [0.1, 0.15) is 86.3 Å². The van der Waals surface area contributed by atoms with Gasteiger partial charge in [-0.25, -0.2) is 4.79 Å². The van der Waals surface area contributed by atoms with E-state index in [1.54, 1.807) is 48.5 Å². The molecule has 12 rings (SSSR count). The lowest BCUT2D eigenvalue weighted by Gasteiger charge is -2.60. The molecule has 410 valence electrons. The number of anilines is 1. The van der Waals surface area contributed by atoms with Crippen LogP contribution in [0.5, 0.6) is 28.7 Å². The summed E-state index contributed by atoms with van der Waals surface area (Å²) in [5.74, 6) is -3.59. The van der Waals surface area contributed by atoms with Crippen LogP contribution in [0.4, 0.5) is 5.82 Å². The molecule has 4 aliphatic carbocycles. The number of nitrogen functional groups attached to an aromatic ring is 1. The number of fused-ring (bicyclic) bond motifs is 6. The van der Waals surface area contributed by atoms with Crippen molar-refractivity contribution in [3.8, 4) is 40.1 Å². The lowest BCUT2D eigenvalue weighted by atomic mass is 9.54. The lowest BCUT2D eigenvalue weighted by Crippen LogP contribution is -2.80. The molecule has 4 fully saturated rings. The van der Waals surface area contributed by atoms with Gasteiger partial charge in [-0.15, -0.1) is 0 Å². The first-order valence-electron chi connectivity index (χ1n) is 26.8. The van der Waals surface area contributed by atoms with Crippen LogP contribution in [0.25, 0.3) is 22.3 Å². The molecule has 2 saturated carbocycles. The number of aromatic hydroxyl groups is 2. The van der Waals surface area contributed by atoms with Crippen LogP contribution >= 0.6 is 0 Å². The second-order valence-electron chi connectivity index (χ2n) is 22.0. The number of aromatic amines is 1. The number of phenolic OH excluding ortho intramolecular Hbond substituents is 2. The summed E-state index contributed by atoms with van der Waals surface area (Å²) in [4.78, 5) is 31.1. The molecule has 11 atom stereocenters. The van der Waals surface area contributed by atoms with Gasteiger partial charge in [-0.2, -0.15) is 0 Å². The fourth-order valence-electron chi connectivity index (χ4n) is 14.1. The van der Waals surface area contributed by atoms with Crippen molar-refractivity contribution < 1.29 is 69.0 Å². The van der Waals surface area contributed by atoms with Gasteiger partial charge in [0.2, 0.25) is 12.0 Å². The number of aromatic nitrogens is 1. The van der Waals surface area contributed by atoms with E-state index >= 15 is 0 Å². The van der Waals surface area contributed by atoms with E-state index in [1.807, 2.05) is 36.4 Å². The zero-order chi connectivity index (χ0) is 54.3. The number of carbonyl (C=O) groups is 1. The molecule has 0 spiro atoms. The molecule has 13 N–H and O–H groups in total. The van der Waals surface area contributed by atoms with E-state index in [9.17, 15) is 50.4 Å². The van der Waals surface area contributed by atoms with E-state index in [2.05, 4.69) is 15.6 Å². The summed E-state index contributed by atoms with van der Waals surface area (Å²) >= 11 is 0. The van der Waals surface area contributed by atoms with Gasteiger partial charge in [-0.1, -0.05) is 60.9 Å². The van der Waals surface area contributed by atoms with Crippen LogP contribution < -0.4 is 36.0 Å². The second-order valence-corrected chi connectivity index (χ2v) is 22.0. The first-order chi connectivity index (χ1) is 37.6. The number of benzene rings is 4. The minimum Gasteiger partial charge on any atom is -0.508 e. The number of aliphatic hydroxyl groups is 5. The minimum atomic E-state index is -2.67. The van der Waals surface area contributed by atoms with Gasteiger partial charge in [0.15, 0.2) is 34.7 Å². The van der Waals surface area contributed by atoms with E-state index in [0.717, 1.165) is 31.2 Å². The Bertz CT molecular complexity index is 3330. The third-order valence-corrected chi connectivity index (χ3v) is 17.8. The van der Waals surface area contributed by atoms with Gasteiger partial charge in [0.25, 0.3) is 0 Å². The Morgan fingerprint density at radius 1 is 0.910 bits per heavy atom. The van der Waals surface area contributed by atoms with Crippen molar-refractivity contribution in [1.29, 1.82) is 0 Å². The van der Waals surface area contributed by atoms with Crippen molar-refractivity contribution in [1.82, 2.24) is 15.6 Å². The highest BCUT2D eigenvalue weighted by Gasteiger charge is 2.73. The Hall–Kier alpha value is -6.94. The molecule has 78 heavy (non-hydrogen) atoms. The maximum atomic E-state index is 14.5. The Morgan fingerprint density at radius 3 is 2.38 bits per heavy atom. The van der Waals surface area contributed by atoms with Gasteiger partial charge in [-0.3, -0.25) is 10.1 Å². The highest BCUT2D eigenvalue weighted by Crippen LogP contribution is 2.60. The normalized spacial score (nSPS) is 29.9. The van der Waals surface area contributed by atoms with Crippen molar-refractivity contribution in [3.05, 3.63) is 141 Å². The first kappa shape index (κ1) is 51.8. The maximum absolute atomic E-state index is 14.5. The number of carboxylic acids is 1. The summed E-state index contributed by atoms with van der Waals surface area (Å²) in [6, 6.07) is 26.2. The fourth-order valence-corrected chi connectivity index (χ4v) is 14.1. The van der Waals surface area contributed by atoms with Crippen molar-refractivity contribution >= 4 is 22.8 Å². The Kier molecular flexibility index (Phi) is 13.1. The summed E-state index contributed by atoms with van der Waals surface area (Å²) in [6.45, 7) is 0.102. The van der Waals surface area contributed by atoms with E-state index < -0.39 is 88.6 Å². The molecule has 2 bridgehead atoms. The smallest absolute Gasteiger partial charge is 0.336 e. The van der Waals surface area contributed by atoms with Gasteiger partial charge in [0, 0.05) is 71.0 Å². The number of ether oxygens (including phenoxy) is 4. The van der Waals surface area contributed by atoms with Crippen molar-refractivity contribution in [3.63, 3.8) is 0 Å². The van der Waals surface area contributed by atoms with Crippen molar-refractivity contribution in [2.75, 3.05) is 25.6 Å². The molecular formula is C59H64N4O15. The quantitative estimate of drug-likeness (QED) is 0.0619. The Labute approximate surface area is 447 Å². The largest absolute Gasteiger partial charge is 0.508 e. The molecule has 2 aromatic heterocycles. The summed E-state index contributed by atoms with van der Waals surface area (Å²) in [5.41, 5.74) is 1.07. The number of nitrogens with two attached hydrogens (primary N) is 1. The van der Waals surface area contributed by atoms with Gasteiger partial charge in [0.1, 0.15) is 57.5 Å². The third-order valence-electron chi connectivity index (χ3n) is 17.8. The molecule has 0 amide bonds. The summed E-state index contributed by atoms with van der Waals surface area (Å²) < 4.78 is 32.7. The molecule has 2 saturated heterocycles. The standard InChI is InChI=1S/C59H64N4O15/c60-46-21-20-38(63-46)49(67)45(29-64)74-34-18-16-31(17-19-34)42-25-41(66)47-43(75-42)26-44(51(50(47)68)78-58-24-8-12-33(58)11-6-13-35-36(58)14-7-15-40(35)65)76-55-57(72)27-37(56(22-4-5-23-56)32-9-2-1-3-10-32)48(39-28-61-30-62-39)59(73,54(57)71)52(77-55)53(69)70/h1-3,7,9-10,14-21,25-27,33,39,45,48-49,52,54-55,61-65,67-68,71-73H,4-6,8,11-13,22-24,28-30,60H2,(H,69,70). The molecule has 4 aromatic carbocycles. The van der Waals surface area contributed by atoms with Crippen molar-refractivity contribution in [2.24, 2.45) is 11.8 Å². The molecular weight excluding hydrogens is 1000 g/mol. The SMILES string of the molecule is Nc1ccc(C(O)C(CO)Oc2ccc(-c3cc(=O)c4c(O)c(OC56CCCC5CCCc5c(O)cccc56)c(OC5OC(C(=O)O)C6(O)C(C7CNCN7)C(C7(c8ccccc8)CCCC7)=CC5(O)C6O)cc4o3)cc2)[nH]1. The lowest BCUT2D eigenvalue weighted by molar-refractivity contribution is -0.345. The fraction of sp³-hybridized carbons (Fsp3) is 0.424. The molecule has 19 heteroatoms. The van der Waals surface area contributed by atoms with Crippen LogP contribution in [0.3, 0.4) is 0 Å². The molecule has 6 aromatic rings. The van der Waals surface area contributed by atoms with Crippen LogP contribution in [-0.4, -0.2) is 113 Å². The zero-order valence-corrected chi connectivity index (χ0v) is 42.6. The number of aliphatic hydroxyl groups excluding tert-OH is 3. The maximum Gasteiger partial charge on any atom is 0.336 e. The van der Waals surface area contributed by atoms with Crippen LogP contribution in [0.2, 0.25) is 0 Å². The average Bonchev–Trinajstić information content (AvgIpc) is 4.32. The molecule has 19 nitrogen and oxygen atoms in total. The number of H-pyrrole nitrogens is 1. The molecule has 4 heterocycles. The summed E-state index contributed by atoms with van der Waals surface area (Å²) in [5, 5.41) is 102. The van der Waals surface area contributed by atoms with Gasteiger partial charge in [-0.05, 0) is 105 Å². The van der Waals surface area contributed by atoms with Gasteiger partial charge in [0.05, 0.1) is 6.61 Å². The Morgan fingerprint density at radius 2 is 1.68 bits per heavy atom. The predicted octanol–water partition coefficient (Wildman–Crippen LogP) is 5.26. The van der Waals surface area contributed by atoms with Crippen LogP contribution in [0, 0.1) is 11.8 Å². The number of nitrogens with one attached hydrogen (secondary N) is 3. The third kappa shape index (κ3) is 8.24. The first-order valence-corrected chi connectivity index (χ1v) is 26.8. The second kappa shape index (κ2) is 19.8. The number of phenols is 2. The van der Waals surface area contributed by atoms with Crippen LogP contribution in [-0.2, 0) is 27.0 Å². The molecule has 11 unspecified atom stereocenters. The highest BCUT2D eigenvalue weighted by atomic mass is 16.7. The number of rotatable bonds is 14. The predicted molar refractivity (Wildman–Crippen MR) is 283 cm³/mol. The van der Waals surface area contributed by atoms with Gasteiger partial charge < -0.3 is 80.3 Å². The number of hydrogen-bond acceptors (Lipinski definition) is 17. The Balaban J connectivity index is 1.01. The number of carboxylic acid groups (broad SMARTS) is 1. The van der Waals surface area contributed by atoms with E-state index in [-0.39, 0.29) is 45.6 Å². The summed E-state index contributed by atoms with van der Waals surface area (Å²) in [7, 11) is 0. The number of hydrogen-bond donors (Lipinski definition) is 12. The summed E-state index contributed by atoms with van der Waals surface area (Å²) in [6.07, 6.45) is -0.780. The highest BCUT2D eigenvalue weighted by molar-refractivity contribution is 5.90. The van der Waals surface area contributed by atoms with Crippen molar-refractivity contribution in [2.45, 2.75) is 123 Å². The van der Waals surface area contributed by atoms with Gasteiger partial charge >= 0.3 is 5.97 Å². The minimum absolute atomic E-state index is 0.0314.